The summed E-state index contributed by atoms with van der Waals surface area (Å²) in [4.78, 5) is 6.58. The molecule has 1 aromatic carbocycles. The van der Waals surface area contributed by atoms with Crippen molar-refractivity contribution in [1.82, 2.24) is 14.5 Å². The number of aromatic nitrogens is 2. The third-order valence-electron chi connectivity index (χ3n) is 5.11. The van der Waals surface area contributed by atoms with Gasteiger partial charge in [0.25, 0.3) is 0 Å². The number of likely N-dealkylation sites (N-methyl/N-ethyl adjacent to an activating group) is 1. The van der Waals surface area contributed by atoms with Crippen LogP contribution in [0.2, 0.25) is 5.02 Å². The Kier molecular flexibility index (Phi) is 4.14. The van der Waals surface area contributed by atoms with E-state index in [9.17, 15) is 0 Å². The van der Waals surface area contributed by atoms with Crippen LogP contribution in [-0.4, -0.2) is 28.0 Å². The number of hydrogen-bond acceptors (Lipinski definition) is 2. The summed E-state index contributed by atoms with van der Waals surface area (Å²) in [5.74, 6) is 0. The van der Waals surface area contributed by atoms with Gasteiger partial charge in [-0.1, -0.05) is 11.6 Å². The highest BCUT2D eigenvalue weighted by Crippen LogP contribution is 2.33. The van der Waals surface area contributed by atoms with Crippen molar-refractivity contribution in [2.24, 2.45) is 0 Å². The maximum absolute atomic E-state index is 6.28. The van der Waals surface area contributed by atoms with Crippen LogP contribution in [0.5, 0.6) is 0 Å². The highest BCUT2D eigenvalue weighted by molar-refractivity contribution is 6.31. The van der Waals surface area contributed by atoms with E-state index in [2.05, 4.69) is 59.7 Å². The van der Waals surface area contributed by atoms with Crippen LogP contribution in [0.1, 0.15) is 29.3 Å². The van der Waals surface area contributed by atoms with Gasteiger partial charge in [-0.25, -0.2) is 0 Å². The molecule has 0 saturated heterocycles. The minimum absolute atomic E-state index is 0.798. The van der Waals surface area contributed by atoms with Gasteiger partial charge in [-0.3, -0.25) is 4.98 Å². The van der Waals surface area contributed by atoms with Crippen molar-refractivity contribution in [3.63, 3.8) is 0 Å². The van der Waals surface area contributed by atoms with Gasteiger partial charge in [0, 0.05) is 54.2 Å². The third-order valence-corrected chi connectivity index (χ3v) is 5.34. The fourth-order valence-corrected chi connectivity index (χ4v) is 4.00. The van der Waals surface area contributed by atoms with Gasteiger partial charge in [-0.05, 0) is 67.4 Å². The minimum Gasteiger partial charge on any atom is -0.320 e. The zero-order valence-electron chi connectivity index (χ0n) is 14.9. The van der Waals surface area contributed by atoms with E-state index >= 15 is 0 Å². The van der Waals surface area contributed by atoms with Crippen molar-refractivity contribution in [2.45, 2.75) is 26.8 Å². The summed E-state index contributed by atoms with van der Waals surface area (Å²) in [6, 6.07) is 8.31. The average Bonchev–Trinajstić information content (AvgIpc) is 2.88. The van der Waals surface area contributed by atoms with Gasteiger partial charge in [0.15, 0.2) is 0 Å². The molecule has 0 bridgehead atoms. The molecule has 3 aromatic rings. The van der Waals surface area contributed by atoms with E-state index in [4.69, 9.17) is 11.6 Å². The van der Waals surface area contributed by atoms with Crippen LogP contribution in [-0.2, 0) is 13.0 Å². The fourth-order valence-electron chi connectivity index (χ4n) is 3.83. The van der Waals surface area contributed by atoms with Gasteiger partial charge in [0.1, 0.15) is 0 Å². The second kappa shape index (κ2) is 6.32. The smallest absolute Gasteiger partial charge is 0.0529 e. The summed E-state index contributed by atoms with van der Waals surface area (Å²) >= 11 is 6.28. The number of rotatable bonds is 2. The topological polar surface area (TPSA) is 21.1 Å². The number of allylic oxidation sites excluding steroid dienone is 1. The molecule has 0 atom stereocenters. The lowest BCUT2D eigenvalue weighted by Crippen LogP contribution is -2.26. The molecule has 0 spiro atoms. The summed E-state index contributed by atoms with van der Waals surface area (Å²) in [6.45, 7) is 6.33. The van der Waals surface area contributed by atoms with E-state index < -0.39 is 0 Å². The molecule has 0 saturated carbocycles. The SMILES string of the molecule is CC(=Cn1c2c(c3cc(Cl)ccc31)CN(C)CC2)c1ccncc1C. The highest BCUT2D eigenvalue weighted by atomic mass is 35.5. The van der Waals surface area contributed by atoms with Crippen LogP contribution in [0, 0.1) is 6.92 Å². The molecule has 0 N–H and O–H groups in total. The van der Waals surface area contributed by atoms with E-state index in [-0.39, 0.29) is 0 Å². The Morgan fingerprint density at radius 1 is 1.28 bits per heavy atom. The zero-order valence-corrected chi connectivity index (χ0v) is 15.6. The first-order chi connectivity index (χ1) is 12.0. The predicted octanol–water partition coefficient (Wildman–Crippen LogP) is 5.00. The van der Waals surface area contributed by atoms with Crippen LogP contribution >= 0.6 is 11.6 Å². The Labute approximate surface area is 153 Å². The Bertz CT molecular complexity index is 984. The van der Waals surface area contributed by atoms with Gasteiger partial charge in [-0.2, -0.15) is 0 Å². The molecule has 2 aromatic heterocycles. The molecule has 3 heterocycles. The van der Waals surface area contributed by atoms with Crippen molar-refractivity contribution >= 4 is 34.3 Å². The second-order valence-corrected chi connectivity index (χ2v) is 7.38. The average molecular weight is 352 g/mol. The van der Waals surface area contributed by atoms with Crippen LogP contribution in [0.3, 0.4) is 0 Å². The predicted molar refractivity (Wildman–Crippen MR) is 106 cm³/mol. The Morgan fingerprint density at radius 3 is 2.92 bits per heavy atom. The molecule has 3 nitrogen and oxygen atoms in total. The van der Waals surface area contributed by atoms with Crippen LogP contribution in [0.4, 0.5) is 0 Å². The molecular formula is C21H22ClN3. The Morgan fingerprint density at radius 2 is 2.12 bits per heavy atom. The number of nitrogens with zero attached hydrogens (tertiary/aromatic N) is 3. The highest BCUT2D eigenvalue weighted by Gasteiger charge is 2.22. The van der Waals surface area contributed by atoms with Crippen LogP contribution in [0.15, 0.2) is 36.7 Å². The second-order valence-electron chi connectivity index (χ2n) is 6.95. The molecule has 1 aliphatic heterocycles. The molecule has 128 valence electrons. The van der Waals surface area contributed by atoms with Gasteiger partial charge < -0.3 is 9.47 Å². The molecule has 0 unspecified atom stereocenters. The van der Waals surface area contributed by atoms with E-state index in [1.165, 1.54) is 38.9 Å². The normalized spacial score (nSPS) is 15.6. The third kappa shape index (κ3) is 2.88. The number of fused-ring (bicyclic) bond motifs is 3. The molecular weight excluding hydrogens is 330 g/mol. The van der Waals surface area contributed by atoms with Gasteiger partial charge in [0.05, 0.1) is 5.52 Å². The number of hydrogen-bond donors (Lipinski definition) is 0. The molecule has 25 heavy (non-hydrogen) atoms. The summed E-state index contributed by atoms with van der Waals surface area (Å²) < 4.78 is 2.36. The standard InChI is InChI=1S/C21H22ClN3/c1-14-11-23-8-6-17(14)15(2)12-25-20-5-4-16(22)10-18(20)19-13-24(3)9-7-21(19)25/h4-6,8,10-12H,7,9,13H2,1-3H3. The first-order valence-corrected chi connectivity index (χ1v) is 9.01. The lowest BCUT2D eigenvalue weighted by molar-refractivity contribution is 0.312. The lowest BCUT2D eigenvalue weighted by atomic mass is 10.0. The first kappa shape index (κ1) is 16.4. The maximum atomic E-state index is 6.28. The monoisotopic (exact) mass is 351 g/mol. The fraction of sp³-hybridized carbons (Fsp3) is 0.286. The molecule has 0 fully saturated rings. The molecule has 4 rings (SSSR count). The van der Waals surface area contributed by atoms with E-state index in [1.807, 2.05) is 18.5 Å². The number of benzene rings is 1. The minimum atomic E-state index is 0.798. The lowest BCUT2D eigenvalue weighted by Gasteiger charge is -2.23. The summed E-state index contributed by atoms with van der Waals surface area (Å²) in [6.07, 6.45) is 7.10. The number of aryl methyl sites for hydroxylation is 1. The van der Waals surface area contributed by atoms with Crippen LogP contribution in [0.25, 0.3) is 22.7 Å². The molecule has 0 radical (unpaired) electrons. The van der Waals surface area contributed by atoms with Crippen molar-refractivity contribution in [1.29, 1.82) is 0 Å². The largest absolute Gasteiger partial charge is 0.320 e. The first-order valence-electron chi connectivity index (χ1n) is 8.63. The van der Waals surface area contributed by atoms with Crippen molar-refractivity contribution in [3.05, 3.63) is 64.1 Å². The van der Waals surface area contributed by atoms with E-state index in [0.29, 0.717) is 0 Å². The van der Waals surface area contributed by atoms with Gasteiger partial charge >= 0.3 is 0 Å². The Hall–Kier alpha value is -2.10. The molecule has 4 heteroatoms. The zero-order chi connectivity index (χ0) is 17.6. The van der Waals surface area contributed by atoms with Crippen molar-refractivity contribution in [3.8, 4) is 0 Å². The van der Waals surface area contributed by atoms with E-state index in [0.717, 1.165) is 24.5 Å². The van der Waals surface area contributed by atoms with Crippen molar-refractivity contribution < 1.29 is 0 Å². The maximum Gasteiger partial charge on any atom is 0.0529 e. The molecule has 0 amide bonds. The van der Waals surface area contributed by atoms with Gasteiger partial charge in [0.2, 0.25) is 0 Å². The van der Waals surface area contributed by atoms with Crippen molar-refractivity contribution in [2.75, 3.05) is 13.6 Å². The van der Waals surface area contributed by atoms with Crippen LogP contribution < -0.4 is 0 Å². The summed E-state index contributed by atoms with van der Waals surface area (Å²) in [7, 11) is 2.18. The number of halogens is 1. The molecule has 0 aliphatic carbocycles. The summed E-state index contributed by atoms with van der Waals surface area (Å²) in [5.41, 5.74) is 7.73. The number of pyridine rings is 1. The van der Waals surface area contributed by atoms with E-state index in [1.54, 1.807) is 0 Å². The Balaban J connectivity index is 1.93. The van der Waals surface area contributed by atoms with Gasteiger partial charge in [-0.15, -0.1) is 0 Å². The molecule has 1 aliphatic rings. The summed E-state index contributed by atoms with van der Waals surface area (Å²) in [5, 5.41) is 2.07. The quantitative estimate of drug-likeness (QED) is 0.647.